The van der Waals surface area contributed by atoms with Gasteiger partial charge in [0.15, 0.2) is 0 Å². The smallest absolute Gasteiger partial charge is 0.320 e. The molecule has 0 bridgehead atoms. The van der Waals surface area contributed by atoms with Crippen LogP contribution in [-0.2, 0) is 20.9 Å². The van der Waals surface area contributed by atoms with E-state index in [2.05, 4.69) is 5.32 Å². The highest BCUT2D eigenvalue weighted by Gasteiger charge is 2.31. The summed E-state index contributed by atoms with van der Waals surface area (Å²) in [6.45, 7) is 2.57. The van der Waals surface area contributed by atoms with Crippen LogP contribution >= 0.6 is 0 Å². The molecular weight excluding hydrogens is 392 g/mol. The molecule has 0 saturated heterocycles. The highest BCUT2D eigenvalue weighted by Crippen LogP contribution is 2.27. The van der Waals surface area contributed by atoms with Crippen molar-refractivity contribution in [2.24, 2.45) is 0 Å². The maximum Gasteiger partial charge on any atom is 0.320 e. The highest BCUT2D eigenvalue weighted by atomic mass is 16.5. The van der Waals surface area contributed by atoms with Crippen molar-refractivity contribution in [1.82, 2.24) is 10.2 Å². The molecule has 1 saturated carbocycles. The first kappa shape index (κ1) is 22.8. The molecule has 6 nitrogen and oxygen atoms in total. The van der Waals surface area contributed by atoms with Crippen molar-refractivity contribution in [3.8, 4) is 5.75 Å². The van der Waals surface area contributed by atoms with Crippen LogP contribution in [0.4, 0.5) is 0 Å². The molecule has 3 rings (SSSR count). The number of nitrogens with zero attached hydrogens (tertiary/aromatic N) is 1. The van der Waals surface area contributed by atoms with Crippen molar-refractivity contribution >= 4 is 11.9 Å². The summed E-state index contributed by atoms with van der Waals surface area (Å²) in [7, 11) is 1.61. The molecule has 0 aliphatic heterocycles. The van der Waals surface area contributed by atoms with Crippen LogP contribution in [-0.4, -0.2) is 43.1 Å². The van der Waals surface area contributed by atoms with Crippen LogP contribution in [0.5, 0.6) is 5.75 Å². The largest absolute Gasteiger partial charge is 0.497 e. The molecule has 0 aromatic heterocycles. The summed E-state index contributed by atoms with van der Waals surface area (Å²) in [6.07, 6.45) is 4.26. The summed E-state index contributed by atoms with van der Waals surface area (Å²) in [4.78, 5) is 27.8. The lowest BCUT2D eigenvalue weighted by atomic mass is 10.0. The minimum Gasteiger partial charge on any atom is -0.497 e. The number of rotatable bonds is 10. The summed E-state index contributed by atoms with van der Waals surface area (Å²) < 4.78 is 10.5. The zero-order valence-corrected chi connectivity index (χ0v) is 18.4. The minimum absolute atomic E-state index is 0.0253. The molecule has 31 heavy (non-hydrogen) atoms. The van der Waals surface area contributed by atoms with E-state index in [-0.39, 0.29) is 24.5 Å². The quantitative estimate of drug-likeness (QED) is 0.587. The lowest BCUT2D eigenvalue weighted by molar-refractivity contribution is -0.146. The van der Waals surface area contributed by atoms with Crippen LogP contribution in [0.2, 0.25) is 0 Å². The van der Waals surface area contributed by atoms with E-state index in [4.69, 9.17) is 9.47 Å². The molecule has 1 N–H and O–H groups in total. The summed E-state index contributed by atoms with van der Waals surface area (Å²) in [5.41, 5.74) is 1.84. The second-order valence-electron chi connectivity index (χ2n) is 7.86. The average Bonchev–Trinajstić information content (AvgIpc) is 3.28. The third-order valence-corrected chi connectivity index (χ3v) is 5.61. The van der Waals surface area contributed by atoms with E-state index >= 15 is 0 Å². The van der Waals surface area contributed by atoms with Gasteiger partial charge in [0.25, 0.3) is 0 Å². The number of hydrogen-bond acceptors (Lipinski definition) is 5. The average molecular weight is 425 g/mol. The maximum atomic E-state index is 13.5. The molecular formula is C25H32N2O4. The van der Waals surface area contributed by atoms with Crippen LogP contribution < -0.4 is 10.1 Å². The second kappa shape index (κ2) is 11.5. The van der Waals surface area contributed by atoms with Crippen molar-refractivity contribution in [1.29, 1.82) is 0 Å². The number of carbonyl (C=O) groups is 2. The zero-order valence-electron chi connectivity index (χ0n) is 18.4. The Balaban J connectivity index is 1.92. The molecule has 2 aromatic rings. The van der Waals surface area contributed by atoms with Crippen molar-refractivity contribution < 1.29 is 19.1 Å². The Morgan fingerprint density at radius 3 is 2.35 bits per heavy atom. The van der Waals surface area contributed by atoms with Gasteiger partial charge in [-0.1, -0.05) is 55.3 Å². The van der Waals surface area contributed by atoms with Crippen molar-refractivity contribution in [2.75, 3.05) is 20.3 Å². The van der Waals surface area contributed by atoms with Crippen LogP contribution in [0.1, 0.15) is 49.8 Å². The van der Waals surface area contributed by atoms with Crippen molar-refractivity contribution in [3.63, 3.8) is 0 Å². The summed E-state index contributed by atoms with van der Waals surface area (Å²) >= 11 is 0. The van der Waals surface area contributed by atoms with E-state index in [1.54, 1.807) is 14.0 Å². The van der Waals surface area contributed by atoms with Gasteiger partial charge in [0.1, 0.15) is 11.8 Å². The number of nitrogens with one attached hydrogen (secondary N) is 1. The van der Waals surface area contributed by atoms with Crippen LogP contribution in [0.25, 0.3) is 0 Å². The standard InChI is InChI=1S/C25H32N2O4/c1-3-31-23(28)18-27(17-19-9-5-4-6-10-19)24(20-13-15-22(30-2)16-14-20)25(29)26-21-11-7-8-12-21/h4-6,9-10,13-16,21,24H,3,7-8,11-12,17-18H2,1-2H3,(H,26,29)/t24-/m0/s1. The fraction of sp³-hybridized carbons (Fsp3) is 0.440. The molecule has 6 heteroatoms. The van der Waals surface area contributed by atoms with Gasteiger partial charge in [-0.2, -0.15) is 0 Å². The first-order valence-corrected chi connectivity index (χ1v) is 11.0. The van der Waals surface area contributed by atoms with Gasteiger partial charge in [0.05, 0.1) is 20.3 Å². The van der Waals surface area contributed by atoms with Gasteiger partial charge in [-0.25, -0.2) is 0 Å². The van der Waals surface area contributed by atoms with E-state index in [1.807, 2.05) is 59.5 Å². The van der Waals surface area contributed by atoms with Gasteiger partial charge in [0.2, 0.25) is 5.91 Å². The Morgan fingerprint density at radius 1 is 1.06 bits per heavy atom. The Hall–Kier alpha value is -2.86. The normalized spacial score (nSPS) is 14.9. The molecule has 0 spiro atoms. The molecule has 1 amide bonds. The SMILES string of the molecule is CCOC(=O)CN(Cc1ccccc1)[C@H](C(=O)NC1CCCC1)c1ccc(OC)cc1. The monoisotopic (exact) mass is 424 g/mol. The van der Waals surface area contributed by atoms with Crippen LogP contribution in [0.15, 0.2) is 54.6 Å². The fourth-order valence-electron chi connectivity index (χ4n) is 4.09. The zero-order chi connectivity index (χ0) is 22.1. The minimum atomic E-state index is -0.615. The molecule has 1 aliphatic carbocycles. The Bertz CT molecular complexity index is 832. The fourth-order valence-corrected chi connectivity index (χ4v) is 4.09. The van der Waals surface area contributed by atoms with Gasteiger partial charge >= 0.3 is 5.97 Å². The molecule has 166 valence electrons. The van der Waals surface area contributed by atoms with E-state index in [1.165, 1.54) is 0 Å². The number of hydrogen-bond donors (Lipinski definition) is 1. The van der Waals surface area contributed by atoms with Gasteiger partial charge in [-0.3, -0.25) is 14.5 Å². The molecule has 0 unspecified atom stereocenters. The van der Waals surface area contributed by atoms with E-state index in [0.717, 1.165) is 42.6 Å². The summed E-state index contributed by atoms with van der Waals surface area (Å²) in [5, 5.41) is 3.21. The predicted octanol–water partition coefficient (Wildman–Crippen LogP) is 3.86. The molecule has 0 heterocycles. The lowest BCUT2D eigenvalue weighted by Gasteiger charge is -2.31. The maximum absolute atomic E-state index is 13.5. The molecule has 1 aliphatic rings. The number of benzene rings is 2. The van der Waals surface area contributed by atoms with Crippen molar-refractivity contribution in [3.05, 3.63) is 65.7 Å². The lowest BCUT2D eigenvalue weighted by Crippen LogP contribution is -2.45. The van der Waals surface area contributed by atoms with Gasteiger partial charge in [0, 0.05) is 12.6 Å². The Kier molecular flexibility index (Phi) is 8.47. The number of methoxy groups -OCH3 is 1. The molecule has 1 fully saturated rings. The van der Waals surface area contributed by atoms with Crippen LogP contribution in [0.3, 0.4) is 0 Å². The van der Waals surface area contributed by atoms with Crippen molar-refractivity contribution in [2.45, 2.75) is 51.2 Å². The van der Waals surface area contributed by atoms with E-state index < -0.39 is 6.04 Å². The topological polar surface area (TPSA) is 67.9 Å². The van der Waals surface area contributed by atoms with Gasteiger partial charge in [-0.05, 0) is 43.0 Å². The molecule has 1 atom stereocenters. The molecule has 0 radical (unpaired) electrons. The first-order chi connectivity index (χ1) is 15.1. The highest BCUT2D eigenvalue weighted by molar-refractivity contribution is 5.84. The van der Waals surface area contributed by atoms with E-state index in [9.17, 15) is 9.59 Å². The number of ether oxygens (including phenoxy) is 2. The van der Waals surface area contributed by atoms with E-state index in [0.29, 0.717) is 13.2 Å². The second-order valence-corrected chi connectivity index (χ2v) is 7.86. The third-order valence-electron chi connectivity index (χ3n) is 5.61. The molecule has 2 aromatic carbocycles. The number of esters is 1. The number of amides is 1. The van der Waals surface area contributed by atoms with Gasteiger partial charge in [-0.15, -0.1) is 0 Å². The first-order valence-electron chi connectivity index (χ1n) is 11.0. The van der Waals surface area contributed by atoms with Crippen LogP contribution in [0, 0.1) is 0 Å². The predicted molar refractivity (Wildman–Crippen MR) is 120 cm³/mol. The summed E-state index contributed by atoms with van der Waals surface area (Å²) in [6, 6.07) is 16.9. The van der Waals surface area contributed by atoms with Gasteiger partial charge < -0.3 is 14.8 Å². The summed E-state index contributed by atoms with van der Waals surface area (Å²) in [5.74, 6) is 0.293. The number of carbonyl (C=O) groups excluding carboxylic acids is 2. The third kappa shape index (κ3) is 6.56. The Morgan fingerprint density at radius 2 is 1.74 bits per heavy atom. The Labute approximate surface area is 184 Å².